The van der Waals surface area contributed by atoms with Gasteiger partial charge in [0.25, 0.3) is 0 Å². The summed E-state index contributed by atoms with van der Waals surface area (Å²) in [5, 5.41) is 3.04. The van der Waals surface area contributed by atoms with Gasteiger partial charge in [-0.25, -0.2) is 17.5 Å². The third-order valence-electron chi connectivity index (χ3n) is 4.42. The smallest absolute Gasteiger partial charge is 0.317 e. The van der Waals surface area contributed by atoms with Crippen molar-refractivity contribution in [1.29, 1.82) is 0 Å². The number of urea groups is 1. The van der Waals surface area contributed by atoms with E-state index in [-0.39, 0.29) is 12.1 Å². The lowest BCUT2D eigenvalue weighted by Gasteiger charge is -2.32. The topological polar surface area (TPSA) is 79.0 Å². The van der Waals surface area contributed by atoms with Gasteiger partial charge in [-0.3, -0.25) is 0 Å². The van der Waals surface area contributed by atoms with Crippen molar-refractivity contribution in [2.24, 2.45) is 5.92 Å². The maximum atomic E-state index is 12.4. The highest BCUT2D eigenvalue weighted by Gasteiger charge is 2.27. The summed E-state index contributed by atoms with van der Waals surface area (Å²) in [5.74, 6) is 0.429. The zero-order chi connectivity index (χ0) is 16.2. The first kappa shape index (κ1) is 17.5. The predicted octanol–water partition coefficient (Wildman–Crippen LogP) is 0.478. The van der Waals surface area contributed by atoms with E-state index in [0.717, 1.165) is 26.2 Å². The van der Waals surface area contributed by atoms with E-state index in [1.165, 1.54) is 10.6 Å². The van der Waals surface area contributed by atoms with Gasteiger partial charge in [0.15, 0.2) is 0 Å². The molecule has 2 amide bonds. The fourth-order valence-corrected chi connectivity index (χ4v) is 3.87. The number of sulfonamides is 1. The zero-order valence-electron chi connectivity index (χ0n) is 13.5. The minimum atomic E-state index is -3.12. The molecule has 0 aromatic heterocycles. The Labute approximate surface area is 133 Å². The normalized spacial score (nSPS) is 24.4. The average Bonchev–Trinajstić information content (AvgIpc) is 2.97. The lowest BCUT2D eigenvalue weighted by Crippen LogP contribution is -2.50. The number of amides is 2. The Balaban J connectivity index is 1.78. The van der Waals surface area contributed by atoms with Crippen molar-refractivity contribution in [1.82, 2.24) is 14.5 Å². The molecular formula is C14H27N3O4S. The molecule has 1 N–H and O–H groups in total. The molecule has 0 aromatic carbocycles. The fraction of sp³-hybridized carbons (Fsp3) is 0.929. The van der Waals surface area contributed by atoms with Crippen LogP contribution in [0.2, 0.25) is 0 Å². The number of carbonyl (C=O) groups excluding carboxylic acids is 1. The quantitative estimate of drug-likeness (QED) is 0.794. The van der Waals surface area contributed by atoms with Gasteiger partial charge in [-0.1, -0.05) is 0 Å². The number of ether oxygens (including phenoxy) is 1. The van der Waals surface area contributed by atoms with Gasteiger partial charge >= 0.3 is 6.03 Å². The molecule has 7 nitrogen and oxygen atoms in total. The molecule has 2 aliphatic rings. The second kappa shape index (κ2) is 7.61. The van der Waals surface area contributed by atoms with Crippen LogP contribution in [0.5, 0.6) is 0 Å². The molecule has 0 bridgehead atoms. The summed E-state index contributed by atoms with van der Waals surface area (Å²) in [7, 11) is -3.12. The van der Waals surface area contributed by atoms with Crippen LogP contribution >= 0.6 is 0 Å². The molecule has 2 saturated heterocycles. The van der Waals surface area contributed by atoms with Crippen molar-refractivity contribution in [3.63, 3.8) is 0 Å². The van der Waals surface area contributed by atoms with Gasteiger partial charge in [0.1, 0.15) is 0 Å². The van der Waals surface area contributed by atoms with Crippen LogP contribution in [0.15, 0.2) is 0 Å². The summed E-state index contributed by atoms with van der Waals surface area (Å²) in [4.78, 5) is 14.2. The van der Waals surface area contributed by atoms with Crippen LogP contribution in [-0.4, -0.2) is 75.3 Å². The van der Waals surface area contributed by atoms with Gasteiger partial charge in [0.05, 0.1) is 12.9 Å². The highest BCUT2D eigenvalue weighted by Crippen LogP contribution is 2.16. The number of hydrogen-bond acceptors (Lipinski definition) is 4. The SMILES string of the molecule is CCN(CC1CCOC1)C(=O)NC1CCN(S(C)(=O)=O)CC1. The first-order valence-corrected chi connectivity index (χ1v) is 9.83. The van der Waals surface area contributed by atoms with Crippen LogP contribution in [0.3, 0.4) is 0 Å². The standard InChI is InChI=1S/C14H27N3O4S/c1-3-16(10-12-6-9-21-11-12)14(18)15-13-4-7-17(8-5-13)22(2,19)20/h12-13H,3-11H2,1-2H3,(H,15,18). The second-order valence-electron chi connectivity index (χ2n) is 6.15. The van der Waals surface area contributed by atoms with Crippen molar-refractivity contribution in [3.8, 4) is 0 Å². The van der Waals surface area contributed by atoms with Gasteiger partial charge in [-0.2, -0.15) is 0 Å². The largest absolute Gasteiger partial charge is 0.381 e. The van der Waals surface area contributed by atoms with E-state index in [1.54, 1.807) is 0 Å². The summed E-state index contributed by atoms with van der Waals surface area (Å²) in [6, 6.07) is 0.00610. The van der Waals surface area contributed by atoms with Gasteiger partial charge in [-0.15, -0.1) is 0 Å². The number of piperidine rings is 1. The molecule has 2 aliphatic heterocycles. The Morgan fingerprint density at radius 2 is 2.00 bits per heavy atom. The molecule has 22 heavy (non-hydrogen) atoms. The van der Waals surface area contributed by atoms with Crippen molar-refractivity contribution >= 4 is 16.1 Å². The highest BCUT2D eigenvalue weighted by atomic mass is 32.2. The van der Waals surface area contributed by atoms with Crippen LogP contribution in [0.1, 0.15) is 26.2 Å². The van der Waals surface area contributed by atoms with Crippen molar-refractivity contribution in [2.45, 2.75) is 32.2 Å². The van der Waals surface area contributed by atoms with Crippen molar-refractivity contribution in [2.75, 3.05) is 45.6 Å². The molecule has 0 aromatic rings. The summed E-state index contributed by atoms with van der Waals surface area (Å²) >= 11 is 0. The number of hydrogen-bond donors (Lipinski definition) is 1. The van der Waals surface area contributed by atoms with Crippen LogP contribution in [-0.2, 0) is 14.8 Å². The third kappa shape index (κ3) is 4.82. The van der Waals surface area contributed by atoms with E-state index in [4.69, 9.17) is 4.74 Å². The first-order valence-electron chi connectivity index (χ1n) is 7.98. The lowest BCUT2D eigenvalue weighted by atomic mass is 10.1. The Morgan fingerprint density at radius 3 is 2.50 bits per heavy atom. The third-order valence-corrected chi connectivity index (χ3v) is 5.73. The van der Waals surface area contributed by atoms with Crippen molar-refractivity contribution < 1.29 is 17.9 Å². The van der Waals surface area contributed by atoms with Crippen LogP contribution < -0.4 is 5.32 Å². The Kier molecular flexibility index (Phi) is 6.05. The number of nitrogens with zero attached hydrogens (tertiary/aromatic N) is 2. The lowest BCUT2D eigenvalue weighted by molar-refractivity contribution is 0.162. The number of rotatable bonds is 5. The summed E-state index contributed by atoms with van der Waals surface area (Å²) in [5.41, 5.74) is 0. The maximum absolute atomic E-state index is 12.4. The summed E-state index contributed by atoms with van der Waals surface area (Å²) in [6.07, 6.45) is 3.58. The Morgan fingerprint density at radius 1 is 1.32 bits per heavy atom. The highest BCUT2D eigenvalue weighted by molar-refractivity contribution is 7.88. The van der Waals surface area contributed by atoms with Gasteiger partial charge in [0, 0.05) is 44.7 Å². The molecule has 2 heterocycles. The Bertz CT molecular complexity index is 468. The monoisotopic (exact) mass is 333 g/mol. The van der Waals surface area contributed by atoms with Crippen LogP contribution in [0.4, 0.5) is 4.79 Å². The van der Waals surface area contributed by atoms with Gasteiger partial charge in [-0.05, 0) is 26.2 Å². The molecule has 0 aliphatic carbocycles. The predicted molar refractivity (Wildman–Crippen MR) is 84.1 cm³/mol. The van der Waals surface area contributed by atoms with E-state index >= 15 is 0 Å². The molecule has 1 unspecified atom stereocenters. The van der Waals surface area contributed by atoms with E-state index in [2.05, 4.69) is 5.32 Å². The minimum absolute atomic E-state index is 0.0489. The maximum Gasteiger partial charge on any atom is 0.317 e. The van der Waals surface area contributed by atoms with E-state index in [9.17, 15) is 13.2 Å². The Hall–Kier alpha value is -0.860. The van der Waals surface area contributed by atoms with Crippen LogP contribution in [0, 0.1) is 5.92 Å². The summed E-state index contributed by atoms with van der Waals surface area (Å²) in [6.45, 7) is 5.85. The number of carbonyl (C=O) groups is 1. The second-order valence-corrected chi connectivity index (χ2v) is 8.14. The molecule has 0 radical (unpaired) electrons. The molecule has 2 rings (SSSR count). The fourth-order valence-electron chi connectivity index (χ4n) is 2.99. The zero-order valence-corrected chi connectivity index (χ0v) is 14.3. The van der Waals surface area contributed by atoms with Gasteiger partial charge in [0.2, 0.25) is 10.0 Å². The molecule has 0 spiro atoms. The van der Waals surface area contributed by atoms with E-state index in [0.29, 0.717) is 38.4 Å². The van der Waals surface area contributed by atoms with E-state index in [1.807, 2.05) is 11.8 Å². The average molecular weight is 333 g/mol. The molecule has 0 saturated carbocycles. The van der Waals surface area contributed by atoms with Crippen molar-refractivity contribution in [3.05, 3.63) is 0 Å². The van der Waals surface area contributed by atoms with E-state index < -0.39 is 10.0 Å². The molecule has 2 fully saturated rings. The molecule has 128 valence electrons. The number of nitrogens with one attached hydrogen (secondary N) is 1. The summed E-state index contributed by atoms with van der Waals surface area (Å²) < 4.78 is 29.8. The van der Waals surface area contributed by atoms with Gasteiger partial charge < -0.3 is 15.0 Å². The molecular weight excluding hydrogens is 306 g/mol. The molecule has 1 atom stereocenters. The minimum Gasteiger partial charge on any atom is -0.381 e. The van der Waals surface area contributed by atoms with Crippen LogP contribution in [0.25, 0.3) is 0 Å². The first-order chi connectivity index (χ1) is 10.4. The molecule has 8 heteroatoms.